The van der Waals surface area contributed by atoms with Gasteiger partial charge in [0.15, 0.2) is 5.76 Å². The molecule has 1 aliphatic heterocycles. The fourth-order valence-corrected chi connectivity index (χ4v) is 2.83. The molecule has 3 N–H and O–H groups in total. The van der Waals surface area contributed by atoms with Gasteiger partial charge in [-0.05, 0) is 18.2 Å². The lowest BCUT2D eigenvalue weighted by Crippen LogP contribution is -1.98. The smallest absolute Gasteiger partial charge is 0.235 e. The van der Waals surface area contributed by atoms with Crippen LogP contribution in [0.1, 0.15) is 15.9 Å². The van der Waals surface area contributed by atoms with Gasteiger partial charge in [-0.1, -0.05) is 17.7 Å². The number of aromatic amines is 1. The average Bonchev–Trinajstić information content (AvgIpc) is 3.01. The Balaban J connectivity index is 1.81. The normalized spacial score (nSPS) is 15.2. The number of fused-ring (bicyclic) bond motifs is 2. The van der Waals surface area contributed by atoms with Crippen LogP contribution < -0.4 is 4.74 Å². The summed E-state index contributed by atoms with van der Waals surface area (Å²) in [6.45, 7) is 0. The first-order valence-electron chi connectivity index (χ1n) is 6.80. The number of benzene rings is 2. The van der Waals surface area contributed by atoms with Crippen LogP contribution in [0.25, 0.3) is 17.0 Å². The largest absolute Gasteiger partial charge is 0.508 e. The maximum atomic E-state index is 12.4. The third-order valence-electron chi connectivity index (χ3n) is 3.70. The Bertz CT molecular complexity index is 1000. The van der Waals surface area contributed by atoms with Crippen molar-refractivity contribution in [3.63, 3.8) is 0 Å². The maximum Gasteiger partial charge on any atom is 0.235 e. The molecule has 0 atom stereocenters. The van der Waals surface area contributed by atoms with E-state index in [1.54, 1.807) is 24.4 Å². The quantitative estimate of drug-likeness (QED) is 0.593. The number of phenolic OH excluding ortho intramolecular Hbond substituents is 2. The standard InChI is InChI=1S/C17H10ClNO4/c18-9-1-2-11-8(7-19-12(11)4-9)3-15-17(22)16-13(21)5-10(20)6-14(16)23-15/h1-7,19-21H/b15-3+. The Morgan fingerprint density at radius 1 is 1.17 bits per heavy atom. The van der Waals surface area contributed by atoms with Gasteiger partial charge in [0.1, 0.15) is 22.8 Å². The van der Waals surface area contributed by atoms with Gasteiger partial charge in [0.25, 0.3) is 0 Å². The number of halogens is 1. The van der Waals surface area contributed by atoms with Crippen LogP contribution in [-0.2, 0) is 0 Å². The van der Waals surface area contributed by atoms with Gasteiger partial charge in [0, 0.05) is 39.8 Å². The number of nitrogens with one attached hydrogen (secondary N) is 1. The molecule has 1 aromatic heterocycles. The van der Waals surface area contributed by atoms with Crippen molar-refractivity contribution in [3.05, 3.63) is 58.4 Å². The summed E-state index contributed by atoms with van der Waals surface area (Å²) in [5, 5.41) is 20.8. The molecule has 1 aliphatic rings. The van der Waals surface area contributed by atoms with Crippen LogP contribution >= 0.6 is 11.6 Å². The molecule has 23 heavy (non-hydrogen) atoms. The molecule has 3 aromatic rings. The number of H-pyrrole nitrogens is 1. The van der Waals surface area contributed by atoms with Crippen molar-refractivity contribution in [1.29, 1.82) is 0 Å². The molecular weight excluding hydrogens is 318 g/mol. The van der Waals surface area contributed by atoms with Crippen molar-refractivity contribution in [2.45, 2.75) is 0 Å². The van der Waals surface area contributed by atoms with E-state index in [2.05, 4.69) is 4.98 Å². The van der Waals surface area contributed by atoms with Crippen LogP contribution in [0.4, 0.5) is 0 Å². The lowest BCUT2D eigenvalue weighted by molar-refractivity contribution is 0.101. The topological polar surface area (TPSA) is 82.6 Å². The molecule has 0 saturated carbocycles. The molecule has 0 unspecified atom stereocenters. The number of allylic oxidation sites excluding steroid dienone is 1. The number of carbonyl (C=O) groups excluding carboxylic acids is 1. The zero-order valence-corrected chi connectivity index (χ0v) is 12.4. The van der Waals surface area contributed by atoms with Crippen LogP contribution in [0.15, 0.2) is 42.3 Å². The Hall–Kier alpha value is -2.92. The van der Waals surface area contributed by atoms with Gasteiger partial charge in [-0.3, -0.25) is 4.79 Å². The second kappa shape index (κ2) is 4.79. The predicted octanol–water partition coefficient (Wildman–Crippen LogP) is 3.85. The molecule has 0 saturated heterocycles. The van der Waals surface area contributed by atoms with E-state index in [1.807, 2.05) is 6.07 Å². The fraction of sp³-hybridized carbons (Fsp3) is 0. The van der Waals surface area contributed by atoms with E-state index < -0.39 is 5.78 Å². The number of hydrogen-bond acceptors (Lipinski definition) is 4. The molecule has 0 fully saturated rings. The molecule has 6 heteroatoms. The van der Waals surface area contributed by atoms with Crippen molar-refractivity contribution in [1.82, 2.24) is 4.98 Å². The number of aromatic nitrogens is 1. The Morgan fingerprint density at radius 3 is 2.83 bits per heavy atom. The molecule has 5 nitrogen and oxygen atoms in total. The van der Waals surface area contributed by atoms with E-state index in [-0.39, 0.29) is 28.6 Å². The molecule has 0 aliphatic carbocycles. The van der Waals surface area contributed by atoms with E-state index in [1.165, 1.54) is 6.07 Å². The van der Waals surface area contributed by atoms with Gasteiger partial charge < -0.3 is 19.9 Å². The van der Waals surface area contributed by atoms with Crippen molar-refractivity contribution in [3.8, 4) is 17.2 Å². The second-order valence-corrected chi connectivity index (χ2v) is 5.65. The Labute approximate surface area is 135 Å². The van der Waals surface area contributed by atoms with Crippen molar-refractivity contribution >= 4 is 34.4 Å². The number of ketones is 1. The zero-order valence-electron chi connectivity index (χ0n) is 11.6. The molecule has 0 radical (unpaired) electrons. The van der Waals surface area contributed by atoms with Crippen LogP contribution in [-0.4, -0.2) is 21.0 Å². The molecular formula is C17H10ClNO4. The molecule has 2 aromatic carbocycles. The molecule has 0 spiro atoms. The molecule has 0 bridgehead atoms. The number of ether oxygens (including phenoxy) is 1. The summed E-state index contributed by atoms with van der Waals surface area (Å²) in [6.07, 6.45) is 3.33. The second-order valence-electron chi connectivity index (χ2n) is 5.21. The van der Waals surface area contributed by atoms with Crippen molar-refractivity contribution in [2.75, 3.05) is 0 Å². The third-order valence-corrected chi connectivity index (χ3v) is 3.93. The Kier molecular flexibility index (Phi) is 2.86. The zero-order chi connectivity index (χ0) is 16.1. The van der Waals surface area contributed by atoms with Crippen molar-refractivity contribution in [2.24, 2.45) is 0 Å². The summed E-state index contributed by atoms with van der Waals surface area (Å²) in [5.41, 5.74) is 1.65. The number of rotatable bonds is 1. The van der Waals surface area contributed by atoms with E-state index in [4.69, 9.17) is 16.3 Å². The van der Waals surface area contributed by atoms with E-state index in [0.29, 0.717) is 5.02 Å². The van der Waals surface area contributed by atoms with Gasteiger partial charge in [-0.15, -0.1) is 0 Å². The Morgan fingerprint density at radius 2 is 2.00 bits per heavy atom. The minimum Gasteiger partial charge on any atom is -0.508 e. The third kappa shape index (κ3) is 2.13. The van der Waals surface area contributed by atoms with Gasteiger partial charge in [0.05, 0.1) is 0 Å². The number of Topliss-reactive ketones (excluding diaryl/α,β-unsaturated/α-hetero) is 1. The lowest BCUT2D eigenvalue weighted by atomic mass is 10.1. The summed E-state index contributed by atoms with van der Waals surface area (Å²) in [4.78, 5) is 15.5. The minimum absolute atomic E-state index is 0.0527. The SMILES string of the molecule is O=C1/C(=C\c2c[nH]c3cc(Cl)ccc23)Oc2cc(O)cc(O)c21. The summed E-state index contributed by atoms with van der Waals surface area (Å²) in [7, 11) is 0. The van der Waals surface area contributed by atoms with Crippen LogP contribution in [0.3, 0.4) is 0 Å². The summed E-state index contributed by atoms with van der Waals surface area (Å²) < 4.78 is 5.48. The first kappa shape index (κ1) is 13.7. The van der Waals surface area contributed by atoms with E-state index in [0.717, 1.165) is 22.5 Å². The van der Waals surface area contributed by atoms with Gasteiger partial charge in [-0.25, -0.2) is 0 Å². The van der Waals surface area contributed by atoms with Crippen LogP contribution in [0, 0.1) is 0 Å². The summed E-state index contributed by atoms with van der Waals surface area (Å²) in [6, 6.07) is 7.79. The maximum absolute atomic E-state index is 12.4. The highest BCUT2D eigenvalue weighted by molar-refractivity contribution is 6.31. The number of carbonyl (C=O) groups is 1. The minimum atomic E-state index is -0.430. The highest BCUT2D eigenvalue weighted by atomic mass is 35.5. The molecule has 114 valence electrons. The van der Waals surface area contributed by atoms with Gasteiger partial charge >= 0.3 is 0 Å². The summed E-state index contributed by atoms with van der Waals surface area (Å²) >= 11 is 5.95. The molecule has 4 rings (SSSR count). The molecule has 0 amide bonds. The first-order chi connectivity index (χ1) is 11.0. The van der Waals surface area contributed by atoms with Gasteiger partial charge in [-0.2, -0.15) is 0 Å². The predicted molar refractivity (Wildman–Crippen MR) is 86.0 cm³/mol. The fourth-order valence-electron chi connectivity index (χ4n) is 2.66. The van der Waals surface area contributed by atoms with E-state index in [9.17, 15) is 15.0 Å². The lowest BCUT2D eigenvalue weighted by Gasteiger charge is -2.00. The highest BCUT2D eigenvalue weighted by Gasteiger charge is 2.31. The average molecular weight is 328 g/mol. The number of aromatic hydroxyl groups is 2. The van der Waals surface area contributed by atoms with Gasteiger partial charge in [0.2, 0.25) is 5.78 Å². The number of phenols is 2. The monoisotopic (exact) mass is 327 g/mol. The molecule has 2 heterocycles. The van der Waals surface area contributed by atoms with Crippen molar-refractivity contribution < 1.29 is 19.7 Å². The first-order valence-corrected chi connectivity index (χ1v) is 7.17. The highest BCUT2D eigenvalue weighted by Crippen LogP contribution is 2.40. The van der Waals surface area contributed by atoms with Crippen LogP contribution in [0.2, 0.25) is 5.02 Å². The number of hydrogen-bond donors (Lipinski definition) is 3. The van der Waals surface area contributed by atoms with Crippen LogP contribution in [0.5, 0.6) is 17.2 Å². The summed E-state index contributed by atoms with van der Waals surface area (Å²) in [5.74, 6) is -0.685. The van der Waals surface area contributed by atoms with E-state index >= 15 is 0 Å².